The second-order valence-corrected chi connectivity index (χ2v) is 7.50. The lowest BCUT2D eigenvalue weighted by Gasteiger charge is -2.16. The molecule has 0 aromatic heterocycles. The van der Waals surface area contributed by atoms with Crippen molar-refractivity contribution >= 4 is 23.7 Å². The van der Waals surface area contributed by atoms with Gasteiger partial charge in [0.15, 0.2) is 5.84 Å². The van der Waals surface area contributed by atoms with E-state index in [1.807, 2.05) is 30.3 Å². The zero-order chi connectivity index (χ0) is 19.2. The smallest absolute Gasteiger partial charge is 0.402 e. The van der Waals surface area contributed by atoms with E-state index < -0.39 is 0 Å². The highest BCUT2D eigenvalue weighted by Crippen LogP contribution is 2.24. The van der Waals surface area contributed by atoms with Crippen molar-refractivity contribution in [2.24, 2.45) is 4.99 Å². The van der Waals surface area contributed by atoms with Gasteiger partial charge in [-0.2, -0.15) is 0 Å². The minimum atomic E-state index is 0.164. The van der Waals surface area contributed by atoms with E-state index in [2.05, 4.69) is 48.5 Å². The molecule has 3 rings (SSSR count). The number of benzene rings is 2. The number of hydrogen-bond acceptors (Lipinski definition) is 3. The molecule has 0 aliphatic carbocycles. The molecule has 0 saturated carbocycles. The molecule has 0 unspecified atom stereocenters. The van der Waals surface area contributed by atoms with Crippen LogP contribution in [0.25, 0.3) is 0 Å². The Morgan fingerprint density at radius 2 is 1.81 bits per heavy atom. The number of amidine groups is 1. The number of nitrogens with one attached hydrogen (secondary N) is 1. The molecule has 5 heteroatoms. The lowest BCUT2D eigenvalue weighted by atomic mass is 10.0. The Balaban J connectivity index is 1.66. The highest BCUT2D eigenvalue weighted by molar-refractivity contribution is 7.77. The van der Waals surface area contributed by atoms with Gasteiger partial charge in [0.1, 0.15) is 5.75 Å². The van der Waals surface area contributed by atoms with Crippen molar-refractivity contribution in [1.29, 1.82) is 5.41 Å². The monoisotopic (exact) mass is 382 g/mol. The van der Waals surface area contributed by atoms with Crippen molar-refractivity contribution < 1.29 is 4.74 Å². The molecular weight excluding hydrogens is 354 g/mol. The Bertz CT molecular complexity index is 827. The molecule has 0 bridgehead atoms. The molecule has 1 fully saturated rings. The van der Waals surface area contributed by atoms with Gasteiger partial charge in [-0.05, 0) is 69.0 Å². The average molecular weight is 383 g/mol. The van der Waals surface area contributed by atoms with E-state index in [9.17, 15) is 0 Å². The molecule has 142 valence electrons. The second kappa shape index (κ2) is 9.20. The zero-order valence-electron chi connectivity index (χ0n) is 16.1. The Labute approximate surface area is 167 Å². The standard InChI is InChI=1S/C22H27N3OS/c1-16-15-20(17(2)14-19(16)10-13-25-11-6-7-12-25)26-22(27)24-21(23)18-8-4-3-5-9-18/h3-5,8-9,14-15H,6-7,10-13H2,1-2H3,(H2,23,24,27)/p+1. The van der Waals surface area contributed by atoms with Crippen LogP contribution in [-0.4, -0.2) is 35.6 Å². The lowest BCUT2D eigenvalue weighted by Crippen LogP contribution is -2.22. The van der Waals surface area contributed by atoms with Crippen LogP contribution < -0.4 is 4.74 Å². The van der Waals surface area contributed by atoms with Crippen molar-refractivity contribution in [2.75, 3.05) is 19.6 Å². The first-order valence-electron chi connectivity index (χ1n) is 9.47. The first-order valence-corrected chi connectivity index (χ1v) is 9.97. The van der Waals surface area contributed by atoms with Gasteiger partial charge in [0.25, 0.3) is 0 Å². The van der Waals surface area contributed by atoms with Gasteiger partial charge in [-0.3, -0.25) is 5.41 Å². The lowest BCUT2D eigenvalue weighted by molar-refractivity contribution is 0.343. The first kappa shape index (κ1) is 19.6. The molecule has 4 nitrogen and oxygen atoms in total. The fraction of sp³-hybridized carbons (Fsp3) is 0.364. The fourth-order valence-corrected chi connectivity index (χ4v) is 3.62. The van der Waals surface area contributed by atoms with Gasteiger partial charge in [-0.15, -0.1) is 4.99 Å². The molecule has 27 heavy (non-hydrogen) atoms. The van der Waals surface area contributed by atoms with Gasteiger partial charge in [0, 0.05) is 12.1 Å². The van der Waals surface area contributed by atoms with E-state index in [0.717, 1.165) is 29.8 Å². The largest absolute Gasteiger partial charge is 0.414 e. The van der Waals surface area contributed by atoms with Gasteiger partial charge in [0.05, 0.1) is 12.6 Å². The molecule has 1 N–H and O–H groups in total. The summed E-state index contributed by atoms with van der Waals surface area (Å²) in [6, 6.07) is 13.7. The second-order valence-electron chi connectivity index (χ2n) is 7.08. The first-order chi connectivity index (χ1) is 13.0. The molecule has 2 aromatic rings. The molecule has 1 aliphatic heterocycles. The minimum Gasteiger partial charge on any atom is -0.402 e. The van der Waals surface area contributed by atoms with Gasteiger partial charge < -0.3 is 9.64 Å². The SMILES string of the molecule is Cc1cc(OC([SH2+])=NC(=N)c2ccccc2)c(C)cc1CCN1CCCC1. The number of aryl methyl sites for hydroxylation is 2. The number of ether oxygens (including phenoxy) is 1. The van der Waals surface area contributed by atoms with E-state index in [1.54, 1.807) is 0 Å². The number of nitrogens with zero attached hydrogens (tertiary/aromatic N) is 2. The molecule has 0 spiro atoms. The maximum atomic E-state index is 8.09. The quantitative estimate of drug-likeness (QED) is 0.487. The van der Waals surface area contributed by atoms with Crippen molar-refractivity contribution in [3.63, 3.8) is 0 Å². The summed E-state index contributed by atoms with van der Waals surface area (Å²) in [5, 5.41) is 8.38. The number of hydrogen-bond donors (Lipinski definition) is 1. The molecule has 1 saturated heterocycles. The van der Waals surface area contributed by atoms with Crippen molar-refractivity contribution in [3.8, 4) is 5.75 Å². The van der Waals surface area contributed by atoms with Gasteiger partial charge in [0.2, 0.25) is 0 Å². The van der Waals surface area contributed by atoms with Crippen LogP contribution in [0.15, 0.2) is 47.5 Å². The van der Waals surface area contributed by atoms with Gasteiger partial charge in [-0.25, -0.2) is 0 Å². The summed E-state index contributed by atoms with van der Waals surface area (Å²) in [6.45, 7) is 7.77. The Hall–Kier alpha value is -2.11. The Morgan fingerprint density at radius 3 is 2.52 bits per heavy atom. The highest BCUT2D eigenvalue weighted by atomic mass is 32.1. The number of aliphatic imine (C=N–C) groups is 1. The summed E-state index contributed by atoms with van der Waals surface area (Å²) in [6.07, 6.45) is 3.73. The molecule has 2 aromatic carbocycles. The number of rotatable bonds is 5. The van der Waals surface area contributed by atoms with Crippen LogP contribution in [0.4, 0.5) is 0 Å². The highest BCUT2D eigenvalue weighted by Gasteiger charge is 2.14. The third-order valence-electron chi connectivity index (χ3n) is 5.00. The molecule has 1 aliphatic rings. The maximum Gasteiger partial charge on any atom is 0.414 e. The predicted molar refractivity (Wildman–Crippen MR) is 117 cm³/mol. The molecule has 0 radical (unpaired) electrons. The van der Waals surface area contributed by atoms with Crippen molar-refractivity contribution in [2.45, 2.75) is 33.1 Å². The van der Waals surface area contributed by atoms with E-state index in [4.69, 9.17) is 10.1 Å². The van der Waals surface area contributed by atoms with Gasteiger partial charge >= 0.3 is 5.23 Å². The van der Waals surface area contributed by atoms with Crippen LogP contribution in [0, 0.1) is 19.3 Å². The van der Waals surface area contributed by atoms with E-state index >= 15 is 0 Å². The predicted octanol–water partition coefficient (Wildman–Crippen LogP) is 3.71. The van der Waals surface area contributed by atoms with Crippen LogP contribution in [-0.2, 0) is 19.0 Å². The van der Waals surface area contributed by atoms with Crippen LogP contribution >= 0.6 is 0 Å². The zero-order valence-corrected chi connectivity index (χ0v) is 17.1. The molecular formula is C22H28N3OS+. The van der Waals surface area contributed by atoms with Crippen LogP contribution in [0.2, 0.25) is 0 Å². The van der Waals surface area contributed by atoms with E-state index in [0.29, 0.717) is 0 Å². The summed E-state index contributed by atoms with van der Waals surface area (Å²) in [4.78, 5) is 6.75. The van der Waals surface area contributed by atoms with Crippen molar-refractivity contribution in [3.05, 3.63) is 64.7 Å². The Kier molecular flexibility index (Phi) is 6.69. The normalized spacial score (nSPS) is 15.1. The third-order valence-corrected chi connectivity index (χ3v) is 5.21. The summed E-state index contributed by atoms with van der Waals surface area (Å²) < 4.78 is 5.86. The molecule has 0 amide bonds. The van der Waals surface area contributed by atoms with E-state index in [-0.39, 0.29) is 11.1 Å². The van der Waals surface area contributed by atoms with Crippen LogP contribution in [0.5, 0.6) is 5.75 Å². The summed E-state index contributed by atoms with van der Waals surface area (Å²) in [5.41, 5.74) is 4.43. The fourth-order valence-electron chi connectivity index (χ4n) is 3.40. The topological polar surface area (TPSA) is 48.7 Å². The third kappa shape index (κ3) is 5.44. The number of likely N-dealkylation sites (tertiary alicyclic amines) is 1. The maximum absolute atomic E-state index is 8.09. The molecule has 0 atom stereocenters. The van der Waals surface area contributed by atoms with Crippen LogP contribution in [0.1, 0.15) is 35.1 Å². The van der Waals surface area contributed by atoms with Gasteiger partial charge in [-0.1, -0.05) is 36.4 Å². The summed E-state index contributed by atoms with van der Waals surface area (Å²) in [5.74, 6) is 0.934. The summed E-state index contributed by atoms with van der Waals surface area (Å²) >= 11 is 3.40. The summed E-state index contributed by atoms with van der Waals surface area (Å²) in [7, 11) is 0. The van der Waals surface area contributed by atoms with E-state index in [1.165, 1.54) is 37.1 Å². The Morgan fingerprint density at radius 1 is 1.11 bits per heavy atom. The average Bonchev–Trinajstić information content (AvgIpc) is 3.17. The molecule has 1 heterocycles. The van der Waals surface area contributed by atoms with Crippen molar-refractivity contribution in [1.82, 2.24) is 4.90 Å². The van der Waals surface area contributed by atoms with Crippen LogP contribution in [0.3, 0.4) is 0 Å². The minimum absolute atomic E-state index is 0.164.